The van der Waals surface area contributed by atoms with Gasteiger partial charge in [-0.1, -0.05) is 20.8 Å². The van der Waals surface area contributed by atoms with Gasteiger partial charge >= 0.3 is 0 Å². The van der Waals surface area contributed by atoms with Crippen molar-refractivity contribution < 1.29 is 0 Å². The van der Waals surface area contributed by atoms with Gasteiger partial charge in [-0.3, -0.25) is 0 Å². The Morgan fingerprint density at radius 1 is 1.22 bits per heavy atom. The van der Waals surface area contributed by atoms with Gasteiger partial charge in [0.1, 0.15) is 0 Å². The zero-order valence-electron chi connectivity index (χ0n) is 7.07. The predicted molar refractivity (Wildman–Crippen MR) is 42.6 cm³/mol. The van der Waals surface area contributed by atoms with Crippen LogP contribution in [-0.2, 0) is 0 Å². The maximum absolute atomic E-state index is 3.23. The molecule has 1 saturated carbocycles. The molecular formula is C8H19N. The quantitative estimate of drug-likeness (QED) is 0.571. The third kappa shape index (κ3) is 2.85. The molecule has 0 aromatic rings. The Kier molecular flexibility index (Phi) is 4.78. The van der Waals surface area contributed by atoms with Crippen LogP contribution >= 0.6 is 0 Å². The average Bonchev–Trinajstić information content (AvgIpc) is 1.86. The van der Waals surface area contributed by atoms with Crippen LogP contribution in [0.2, 0.25) is 0 Å². The Morgan fingerprint density at radius 2 is 1.67 bits per heavy atom. The molecule has 0 bridgehead atoms. The van der Waals surface area contributed by atoms with E-state index in [0.717, 1.165) is 12.0 Å². The van der Waals surface area contributed by atoms with E-state index in [-0.39, 0.29) is 0 Å². The average molecular weight is 129 g/mol. The van der Waals surface area contributed by atoms with Gasteiger partial charge in [0.2, 0.25) is 0 Å². The molecule has 1 rings (SSSR count). The molecule has 56 valence electrons. The fraction of sp³-hybridized carbons (Fsp3) is 1.00. The second-order valence-corrected chi connectivity index (χ2v) is 2.56. The number of hydrogen-bond donors (Lipinski definition) is 1. The lowest BCUT2D eigenvalue weighted by atomic mass is 9.82. The van der Waals surface area contributed by atoms with Gasteiger partial charge in [0.25, 0.3) is 0 Å². The number of hydrogen-bond acceptors (Lipinski definition) is 1. The molecule has 0 aromatic carbocycles. The van der Waals surface area contributed by atoms with Crippen molar-refractivity contribution in [1.82, 2.24) is 5.32 Å². The van der Waals surface area contributed by atoms with Crippen LogP contribution in [0.4, 0.5) is 0 Å². The van der Waals surface area contributed by atoms with Gasteiger partial charge in [-0.2, -0.15) is 0 Å². The first-order valence-corrected chi connectivity index (χ1v) is 4.00. The molecule has 0 amide bonds. The molecule has 1 N–H and O–H groups in total. The van der Waals surface area contributed by atoms with Gasteiger partial charge in [0.05, 0.1) is 0 Å². The second kappa shape index (κ2) is 4.80. The minimum atomic E-state index is 0.843. The van der Waals surface area contributed by atoms with Gasteiger partial charge in [0.15, 0.2) is 0 Å². The molecule has 0 aliphatic heterocycles. The summed E-state index contributed by atoms with van der Waals surface area (Å²) in [6, 6.07) is 0.843. The van der Waals surface area contributed by atoms with E-state index in [1.165, 1.54) is 12.8 Å². The highest BCUT2D eigenvalue weighted by Gasteiger charge is 2.22. The molecule has 0 aromatic heterocycles. The Morgan fingerprint density at radius 3 is 1.78 bits per heavy atom. The van der Waals surface area contributed by atoms with Crippen molar-refractivity contribution in [2.75, 3.05) is 7.05 Å². The molecule has 1 aliphatic carbocycles. The predicted octanol–water partition coefficient (Wildman–Crippen LogP) is 2.03. The summed E-state index contributed by atoms with van der Waals surface area (Å²) in [5, 5.41) is 3.23. The van der Waals surface area contributed by atoms with Crippen LogP contribution in [0.5, 0.6) is 0 Å². The smallest absolute Gasteiger partial charge is 0.00691 e. The third-order valence-corrected chi connectivity index (χ3v) is 1.78. The van der Waals surface area contributed by atoms with E-state index in [1.54, 1.807) is 0 Å². The minimum absolute atomic E-state index is 0.843. The molecule has 1 fully saturated rings. The molecule has 0 radical (unpaired) electrons. The van der Waals surface area contributed by atoms with E-state index in [4.69, 9.17) is 0 Å². The summed E-state index contributed by atoms with van der Waals surface area (Å²) in [6.07, 6.45) is 2.77. The summed E-state index contributed by atoms with van der Waals surface area (Å²) >= 11 is 0. The summed E-state index contributed by atoms with van der Waals surface area (Å²) in [5.74, 6) is 0.984. The lowest BCUT2D eigenvalue weighted by molar-refractivity contribution is 0.254. The van der Waals surface area contributed by atoms with Crippen molar-refractivity contribution in [3.05, 3.63) is 0 Å². The largest absolute Gasteiger partial charge is 0.317 e. The van der Waals surface area contributed by atoms with E-state index in [2.05, 4.69) is 12.2 Å². The molecular weight excluding hydrogens is 110 g/mol. The highest BCUT2D eigenvalue weighted by Crippen LogP contribution is 2.25. The Labute approximate surface area is 58.8 Å². The van der Waals surface area contributed by atoms with E-state index in [0.29, 0.717) is 0 Å². The van der Waals surface area contributed by atoms with Crippen molar-refractivity contribution in [2.45, 2.75) is 39.7 Å². The Hall–Kier alpha value is -0.0400. The van der Waals surface area contributed by atoms with Gasteiger partial charge < -0.3 is 5.32 Å². The summed E-state index contributed by atoms with van der Waals surface area (Å²) in [4.78, 5) is 0. The monoisotopic (exact) mass is 129 g/mol. The van der Waals surface area contributed by atoms with Crippen LogP contribution < -0.4 is 5.32 Å². The Balaban J connectivity index is 0.000000291. The van der Waals surface area contributed by atoms with E-state index in [1.807, 2.05) is 20.9 Å². The van der Waals surface area contributed by atoms with Crippen molar-refractivity contribution in [2.24, 2.45) is 5.92 Å². The Bertz CT molecular complexity index is 55.6. The third-order valence-electron chi connectivity index (χ3n) is 1.78. The highest BCUT2D eigenvalue weighted by molar-refractivity contribution is 4.80. The fourth-order valence-electron chi connectivity index (χ4n) is 1.14. The van der Waals surface area contributed by atoms with Crippen LogP contribution in [-0.4, -0.2) is 13.1 Å². The maximum atomic E-state index is 3.23. The first kappa shape index (κ1) is 8.96. The van der Waals surface area contributed by atoms with Crippen LogP contribution in [0, 0.1) is 5.92 Å². The van der Waals surface area contributed by atoms with Gasteiger partial charge in [-0.05, 0) is 25.8 Å². The summed E-state index contributed by atoms with van der Waals surface area (Å²) in [5.41, 5.74) is 0. The molecule has 1 heteroatoms. The standard InChI is InChI=1S/C6H13N.C2H6/c1-5-3-6(4-5)7-2;1-2/h5-7H,3-4H2,1-2H3;1-2H3. The number of nitrogens with one attached hydrogen (secondary N) is 1. The summed E-state index contributed by atoms with van der Waals surface area (Å²) in [7, 11) is 2.04. The SMILES string of the molecule is CC.CNC1CC(C)C1. The first-order valence-electron chi connectivity index (χ1n) is 4.00. The molecule has 0 atom stereocenters. The van der Waals surface area contributed by atoms with Gasteiger partial charge in [-0.25, -0.2) is 0 Å². The van der Waals surface area contributed by atoms with Crippen molar-refractivity contribution in [1.29, 1.82) is 0 Å². The zero-order valence-corrected chi connectivity index (χ0v) is 7.07. The molecule has 0 spiro atoms. The van der Waals surface area contributed by atoms with Crippen LogP contribution in [0.1, 0.15) is 33.6 Å². The lowest BCUT2D eigenvalue weighted by Gasteiger charge is -2.31. The fourth-order valence-corrected chi connectivity index (χ4v) is 1.14. The molecule has 9 heavy (non-hydrogen) atoms. The minimum Gasteiger partial charge on any atom is -0.317 e. The molecule has 1 nitrogen and oxygen atoms in total. The maximum Gasteiger partial charge on any atom is 0.00691 e. The van der Waals surface area contributed by atoms with E-state index < -0.39 is 0 Å². The second-order valence-electron chi connectivity index (χ2n) is 2.56. The summed E-state index contributed by atoms with van der Waals surface area (Å²) in [6.45, 7) is 6.30. The molecule has 0 unspecified atom stereocenters. The highest BCUT2D eigenvalue weighted by atomic mass is 14.9. The van der Waals surface area contributed by atoms with Crippen molar-refractivity contribution in [3.8, 4) is 0 Å². The van der Waals surface area contributed by atoms with Crippen LogP contribution in [0.3, 0.4) is 0 Å². The first-order chi connectivity index (χ1) is 4.33. The zero-order chi connectivity index (χ0) is 7.28. The molecule has 1 aliphatic rings. The van der Waals surface area contributed by atoms with E-state index in [9.17, 15) is 0 Å². The van der Waals surface area contributed by atoms with Crippen molar-refractivity contribution in [3.63, 3.8) is 0 Å². The normalized spacial score (nSPS) is 32.0. The lowest BCUT2D eigenvalue weighted by Crippen LogP contribution is -2.37. The van der Waals surface area contributed by atoms with Gasteiger partial charge in [0, 0.05) is 6.04 Å². The van der Waals surface area contributed by atoms with Crippen LogP contribution in [0.25, 0.3) is 0 Å². The van der Waals surface area contributed by atoms with Crippen molar-refractivity contribution >= 4 is 0 Å². The topological polar surface area (TPSA) is 12.0 Å². The molecule has 0 saturated heterocycles. The number of rotatable bonds is 1. The molecule has 0 heterocycles. The van der Waals surface area contributed by atoms with Crippen LogP contribution in [0.15, 0.2) is 0 Å². The van der Waals surface area contributed by atoms with Gasteiger partial charge in [-0.15, -0.1) is 0 Å². The summed E-state index contributed by atoms with van der Waals surface area (Å²) < 4.78 is 0. The van der Waals surface area contributed by atoms with E-state index >= 15 is 0 Å².